The van der Waals surface area contributed by atoms with Crippen molar-refractivity contribution < 1.29 is 38.2 Å². The Morgan fingerprint density at radius 2 is 2.00 bits per heavy atom. The number of fused-ring (bicyclic) bond motifs is 1. The third kappa shape index (κ3) is 6.05. The molecule has 0 radical (unpaired) electrons. The van der Waals surface area contributed by atoms with Gasteiger partial charge in [-0.15, -0.1) is 0 Å². The molecule has 33 heavy (non-hydrogen) atoms. The zero-order valence-corrected chi connectivity index (χ0v) is 20.0. The SMILES string of the molecule is CC(=O)OC[C@H]1OC[C@@H](OC(=O)Cn2cnc3c(NOC4CC4)nc(I)nc32)[C@@H]1OC(C)=O. The third-order valence-electron chi connectivity index (χ3n) is 4.83. The van der Waals surface area contributed by atoms with E-state index in [2.05, 4.69) is 20.4 Å². The molecule has 13 nitrogen and oxygen atoms in total. The van der Waals surface area contributed by atoms with Crippen LogP contribution >= 0.6 is 22.6 Å². The number of imidazole rings is 1. The molecule has 1 aliphatic carbocycles. The van der Waals surface area contributed by atoms with Crippen molar-refractivity contribution in [1.29, 1.82) is 0 Å². The smallest absolute Gasteiger partial charge is 0.326 e. The van der Waals surface area contributed by atoms with Crippen LogP contribution in [0.2, 0.25) is 0 Å². The summed E-state index contributed by atoms with van der Waals surface area (Å²) in [5.74, 6) is -1.26. The van der Waals surface area contributed by atoms with E-state index in [1.807, 2.05) is 22.6 Å². The molecule has 0 aromatic carbocycles. The number of hydrogen-bond donors (Lipinski definition) is 1. The minimum absolute atomic E-state index is 0.00701. The molecule has 3 heterocycles. The zero-order valence-electron chi connectivity index (χ0n) is 17.9. The van der Waals surface area contributed by atoms with E-state index in [0.717, 1.165) is 12.8 Å². The Kier molecular flexibility index (Phi) is 7.23. The third-order valence-corrected chi connectivity index (χ3v) is 5.31. The molecule has 4 rings (SSSR count). The summed E-state index contributed by atoms with van der Waals surface area (Å²) in [7, 11) is 0. The lowest BCUT2D eigenvalue weighted by Gasteiger charge is -2.22. The summed E-state index contributed by atoms with van der Waals surface area (Å²) in [6, 6.07) is 0. The predicted molar refractivity (Wildman–Crippen MR) is 118 cm³/mol. The van der Waals surface area contributed by atoms with Crippen LogP contribution in [0.5, 0.6) is 0 Å². The number of rotatable bonds is 9. The fourth-order valence-corrected chi connectivity index (χ4v) is 3.68. The molecule has 0 unspecified atom stereocenters. The largest absolute Gasteiger partial charge is 0.463 e. The first kappa shape index (κ1) is 23.6. The van der Waals surface area contributed by atoms with Crippen LogP contribution in [0, 0.1) is 3.83 Å². The highest BCUT2D eigenvalue weighted by Crippen LogP contribution is 2.26. The summed E-state index contributed by atoms with van der Waals surface area (Å²) < 4.78 is 23.2. The van der Waals surface area contributed by atoms with E-state index < -0.39 is 36.2 Å². The Morgan fingerprint density at radius 3 is 2.70 bits per heavy atom. The lowest BCUT2D eigenvalue weighted by Crippen LogP contribution is -2.40. The van der Waals surface area contributed by atoms with Gasteiger partial charge in [0, 0.05) is 36.4 Å². The molecule has 1 saturated carbocycles. The van der Waals surface area contributed by atoms with Gasteiger partial charge in [0.1, 0.15) is 19.3 Å². The van der Waals surface area contributed by atoms with Crippen LogP contribution in [0.3, 0.4) is 0 Å². The molecule has 0 spiro atoms. The van der Waals surface area contributed by atoms with Gasteiger partial charge < -0.3 is 23.5 Å². The standard InChI is InChI=1S/C19H22IN5O8/c1-9(26)29-6-12-16(31-10(2)27)13(7-30-12)32-14(28)5-25-8-21-15-17(24-33-11-3-4-11)22-19(20)23-18(15)25/h8,11-13,16H,3-7H2,1-2H3,(H,22,23,24)/t12-,13-,16-/m1/s1. The summed E-state index contributed by atoms with van der Waals surface area (Å²) in [4.78, 5) is 53.7. The molecule has 2 fully saturated rings. The van der Waals surface area contributed by atoms with Crippen LogP contribution in [-0.4, -0.2) is 75.1 Å². The van der Waals surface area contributed by atoms with Gasteiger partial charge in [-0.3, -0.25) is 19.2 Å². The molecule has 2 aromatic rings. The number of aromatic nitrogens is 4. The van der Waals surface area contributed by atoms with Gasteiger partial charge in [0.25, 0.3) is 0 Å². The second kappa shape index (κ2) is 10.1. The van der Waals surface area contributed by atoms with Crippen molar-refractivity contribution >= 4 is 57.5 Å². The van der Waals surface area contributed by atoms with Crippen molar-refractivity contribution in [3.63, 3.8) is 0 Å². The van der Waals surface area contributed by atoms with Gasteiger partial charge in [0.2, 0.25) is 0 Å². The first-order valence-electron chi connectivity index (χ1n) is 10.2. The van der Waals surface area contributed by atoms with Crippen LogP contribution in [0.4, 0.5) is 5.82 Å². The molecule has 178 valence electrons. The summed E-state index contributed by atoms with van der Waals surface area (Å²) in [5, 5.41) is 0. The van der Waals surface area contributed by atoms with Crippen molar-refractivity contribution in [3.8, 4) is 0 Å². The fraction of sp³-hybridized carbons (Fsp3) is 0.579. The van der Waals surface area contributed by atoms with E-state index in [1.54, 1.807) is 0 Å². The Labute approximate surface area is 201 Å². The van der Waals surface area contributed by atoms with Crippen molar-refractivity contribution in [3.05, 3.63) is 10.2 Å². The van der Waals surface area contributed by atoms with Crippen molar-refractivity contribution in [1.82, 2.24) is 19.5 Å². The maximum atomic E-state index is 12.7. The summed E-state index contributed by atoms with van der Waals surface area (Å²) in [6.07, 6.45) is 1.10. The number of carbonyl (C=O) groups is 3. The van der Waals surface area contributed by atoms with Crippen molar-refractivity contribution in [2.75, 3.05) is 18.7 Å². The van der Waals surface area contributed by atoms with Gasteiger partial charge >= 0.3 is 17.9 Å². The Bertz CT molecular complexity index is 1060. The number of carbonyl (C=O) groups excluding carboxylic acids is 3. The maximum absolute atomic E-state index is 12.7. The number of nitrogens with zero attached hydrogens (tertiary/aromatic N) is 4. The van der Waals surface area contributed by atoms with E-state index in [0.29, 0.717) is 20.8 Å². The van der Waals surface area contributed by atoms with E-state index in [-0.39, 0.29) is 25.9 Å². The lowest BCUT2D eigenvalue weighted by molar-refractivity contribution is -0.166. The highest BCUT2D eigenvalue weighted by atomic mass is 127. The van der Waals surface area contributed by atoms with Gasteiger partial charge in [-0.1, -0.05) is 0 Å². The molecule has 2 aliphatic rings. The minimum Gasteiger partial charge on any atom is -0.463 e. The second-order valence-electron chi connectivity index (χ2n) is 7.58. The van der Waals surface area contributed by atoms with Gasteiger partial charge in [0.15, 0.2) is 33.0 Å². The first-order chi connectivity index (χ1) is 15.8. The van der Waals surface area contributed by atoms with Gasteiger partial charge in [-0.2, -0.15) is 0 Å². The normalized spacial score (nSPS) is 22.2. The summed E-state index contributed by atoms with van der Waals surface area (Å²) >= 11 is 1.97. The van der Waals surface area contributed by atoms with E-state index in [4.69, 9.17) is 23.8 Å². The quantitative estimate of drug-likeness (QED) is 0.148. The van der Waals surface area contributed by atoms with Gasteiger partial charge in [0.05, 0.1) is 19.0 Å². The van der Waals surface area contributed by atoms with Crippen LogP contribution in [0.15, 0.2) is 6.33 Å². The molecule has 2 aromatic heterocycles. The minimum atomic E-state index is -0.899. The van der Waals surface area contributed by atoms with Crippen molar-refractivity contribution in [2.24, 2.45) is 0 Å². The average Bonchev–Trinajstić information content (AvgIpc) is 3.40. The van der Waals surface area contributed by atoms with Crippen molar-refractivity contribution in [2.45, 2.75) is 57.6 Å². The topological polar surface area (TPSA) is 153 Å². The Balaban J connectivity index is 1.43. The number of anilines is 1. The zero-order chi connectivity index (χ0) is 23.5. The predicted octanol–water partition coefficient (Wildman–Crippen LogP) is 0.742. The molecule has 0 bridgehead atoms. The highest BCUT2D eigenvalue weighted by molar-refractivity contribution is 14.1. The van der Waals surface area contributed by atoms with E-state index in [1.165, 1.54) is 24.7 Å². The number of ether oxygens (including phenoxy) is 4. The number of nitrogens with one attached hydrogen (secondary N) is 1. The van der Waals surface area contributed by atoms with Gasteiger partial charge in [-0.25, -0.2) is 20.4 Å². The highest BCUT2D eigenvalue weighted by Gasteiger charge is 2.43. The number of esters is 3. The maximum Gasteiger partial charge on any atom is 0.326 e. The summed E-state index contributed by atoms with van der Waals surface area (Å²) in [5.41, 5.74) is 3.70. The van der Waals surface area contributed by atoms with Crippen LogP contribution < -0.4 is 5.48 Å². The number of hydrogen-bond acceptors (Lipinski definition) is 12. The molecular weight excluding hydrogens is 553 g/mol. The lowest BCUT2D eigenvalue weighted by atomic mass is 10.1. The molecule has 1 saturated heterocycles. The van der Waals surface area contributed by atoms with E-state index >= 15 is 0 Å². The monoisotopic (exact) mass is 575 g/mol. The molecule has 0 amide bonds. The first-order valence-corrected chi connectivity index (χ1v) is 11.3. The van der Waals surface area contributed by atoms with Crippen LogP contribution in [0.1, 0.15) is 26.7 Å². The molecule has 1 N–H and O–H groups in total. The average molecular weight is 575 g/mol. The molecule has 14 heteroatoms. The van der Waals surface area contributed by atoms with E-state index in [9.17, 15) is 14.4 Å². The molecule has 1 aliphatic heterocycles. The van der Waals surface area contributed by atoms with Crippen LogP contribution in [0.25, 0.3) is 11.2 Å². The Morgan fingerprint density at radius 1 is 1.21 bits per heavy atom. The number of halogens is 1. The fourth-order valence-electron chi connectivity index (χ4n) is 3.21. The molecule has 3 atom stereocenters. The second-order valence-corrected chi connectivity index (χ2v) is 8.55. The summed E-state index contributed by atoms with van der Waals surface area (Å²) in [6.45, 7) is 2.17. The Hall–Kier alpha value is -2.59. The van der Waals surface area contributed by atoms with Crippen LogP contribution in [-0.2, 0) is 44.7 Å². The van der Waals surface area contributed by atoms with Gasteiger partial charge in [-0.05, 0) is 12.8 Å². The molecular formula is C19H22IN5O8.